The Morgan fingerprint density at radius 3 is 2.48 bits per heavy atom. The average Bonchev–Trinajstić information content (AvgIpc) is 3.51. The number of rotatable bonds is 7. The highest BCUT2D eigenvalue weighted by Gasteiger charge is 2.35. The summed E-state index contributed by atoms with van der Waals surface area (Å²) < 4.78 is 27.2. The third-order valence-corrected chi connectivity index (χ3v) is 7.07. The van der Waals surface area contributed by atoms with Gasteiger partial charge in [0.2, 0.25) is 10.0 Å². The van der Waals surface area contributed by atoms with E-state index in [9.17, 15) is 18.0 Å². The van der Waals surface area contributed by atoms with Crippen molar-refractivity contribution >= 4 is 21.9 Å². The first-order chi connectivity index (χ1) is 12.8. The Bertz CT molecular complexity index is 813. The molecule has 1 N–H and O–H groups in total. The van der Waals surface area contributed by atoms with Crippen LogP contribution < -0.4 is 0 Å². The van der Waals surface area contributed by atoms with E-state index < -0.39 is 21.9 Å². The lowest BCUT2D eigenvalue weighted by atomic mass is 10.1. The van der Waals surface area contributed by atoms with Crippen LogP contribution in [0.3, 0.4) is 0 Å². The molecule has 0 radical (unpaired) electrons. The molecule has 0 aromatic heterocycles. The molecule has 1 saturated heterocycles. The number of aliphatic carboxylic acids is 1. The van der Waals surface area contributed by atoms with Crippen molar-refractivity contribution in [3.8, 4) is 0 Å². The number of hydrogen-bond acceptors (Lipinski definition) is 4. The van der Waals surface area contributed by atoms with Gasteiger partial charge in [0.25, 0.3) is 5.91 Å². The Morgan fingerprint density at radius 1 is 1.22 bits per heavy atom. The van der Waals surface area contributed by atoms with Crippen molar-refractivity contribution < 1.29 is 23.1 Å². The summed E-state index contributed by atoms with van der Waals surface area (Å²) in [5.74, 6) is -1.93. The molecule has 1 aliphatic carbocycles. The molecule has 8 heteroatoms. The second-order valence-corrected chi connectivity index (χ2v) is 9.36. The molecular formula is C19H26N2O5S. The predicted octanol–water partition coefficient (Wildman–Crippen LogP) is 2.19. The number of piperidine rings is 1. The van der Waals surface area contributed by atoms with Gasteiger partial charge >= 0.3 is 5.97 Å². The van der Waals surface area contributed by atoms with E-state index in [0.717, 1.165) is 32.1 Å². The Labute approximate surface area is 160 Å². The molecule has 1 atom stereocenters. The molecule has 1 aromatic carbocycles. The lowest BCUT2D eigenvalue weighted by Crippen LogP contribution is -2.39. The van der Waals surface area contributed by atoms with Gasteiger partial charge in [-0.15, -0.1) is 0 Å². The Morgan fingerprint density at radius 2 is 1.89 bits per heavy atom. The molecule has 1 unspecified atom stereocenters. The number of benzene rings is 1. The van der Waals surface area contributed by atoms with Crippen LogP contribution in [0, 0.1) is 5.92 Å². The molecule has 3 rings (SSSR count). The maximum Gasteiger partial charge on any atom is 0.308 e. The third-order valence-electron chi connectivity index (χ3n) is 5.17. The van der Waals surface area contributed by atoms with Gasteiger partial charge < -0.3 is 10.0 Å². The number of carboxylic acids is 1. The lowest BCUT2D eigenvalue weighted by molar-refractivity contribution is -0.141. The van der Waals surface area contributed by atoms with Gasteiger partial charge in [-0.1, -0.05) is 19.4 Å². The van der Waals surface area contributed by atoms with Crippen molar-refractivity contribution in [2.75, 3.05) is 19.6 Å². The smallest absolute Gasteiger partial charge is 0.308 e. The molecule has 0 spiro atoms. The molecule has 2 fully saturated rings. The fraction of sp³-hybridized carbons (Fsp3) is 0.579. The molecular weight excluding hydrogens is 368 g/mol. The minimum Gasteiger partial charge on any atom is -0.481 e. The zero-order valence-electron chi connectivity index (χ0n) is 15.5. The highest BCUT2D eigenvalue weighted by Crippen LogP contribution is 2.30. The van der Waals surface area contributed by atoms with Crippen LogP contribution in [-0.2, 0) is 14.8 Å². The van der Waals surface area contributed by atoms with Crippen LogP contribution in [0.15, 0.2) is 29.2 Å². The van der Waals surface area contributed by atoms with E-state index in [0.29, 0.717) is 13.1 Å². The number of carbonyl (C=O) groups is 2. The van der Waals surface area contributed by atoms with Crippen LogP contribution in [-0.4, -0.2) is 60.3 Å². The summed E-state index contributed by atoms with van der Waals surface area (Å²) in [5.41, 5.74) is 0.289. The van der Waals surface area contributed by atoms with Gasteiger partial charge in [-0.2, -0.15) is 4.31 Å². The topological polar surface area (TPSA) is 95.0 Å². The van der Waals surface area contributed by atoms with E-state index in [4.69, 9.17) is 5.11 Å². The van der Waals surface area contributed by atoms with E-state index in [1.54, 1.807) is 24.0 Å². The lowest BCUT2D eigenvalue weighted by Gasteiger charge is -2.27. The minimum atomic E-state index is -3.62. The summed E-state index contributed by atoms with van der Waals surface area (Å²) in [4.78, 5) is 25.8. The van der Waals surface area contributed by atoms with Gasteiger partial charge in [0.1, 0.15) is 0 Å². The van der Waals surface area contributed by atoms with Crippen molar-refractivity contribution in [3.63, 3.8) is 0 Å². The first kappa shape index (κ1) is 19.8. The Kier molecular flexibility index (Phi) is 5.86. The molecule has 1 aromatic rings. The van der Waals surface area contributed by atoms with E-state index in [-0.39, 0.29) is 29.0 Å². The van der Waals surface area contributed by atoms with Crippen molar-refractivity contribution in [1.29, 1.82) is 0 Å². The van der Waals surface area contributed by atoms with Gasteiger partial charge in [-0.25, -0.2) is 8.42 Å². The van der Waals surface area contributed by atoms with E-state index in [2.05, 4.69) is 0 Å². The highest BCUT2D eigenvalue weighted by atomic mass is 32.2. The number of sulfonamides is 1. The van der Waals surface area contributed by atoms with Crippen LogP contribution in [0.25, 0.3) is 0 Å². The van der Waals surface area contributed by atoms with Gasteiger partial charge in [0, 0.05) is 31.2 Å². The summed E-state index contributed by atoms with van der Waals surface area (Å²) in [6, 6.07) is 6.16. The minimum absolute atomic E-state index is 0.0432. The van der Waals surface area contributed by atoms with Crippen molar-refractivity contribution in [3.05, 3.63) is 29.8 Å². The summed E-state index contributed by atoms with van der Waals surface area (Å²) in [6.07, 6.45) is 4.43. The van der Waals surface area contributed by atoms with Gasteiger partial charge in [-0.3, -0.25) is 9.59 Å². The van der Waals surface area contributed by atoms with E-state index in [1.807, 2.05) is 0 Å². The first-order valence-electron chi connectivity index (χ1n) is 9.44. The normalized spacial score (nSPS) is 19.4. The van der Waals surface area contributed by atoms with Crippen molar-refractivity contribution in [2.45, 2.75) is 50.0 Å². The van der Waals surface area contributed by atoms with Crippen molar-refractivity contribution in [2.24, 2.45) is 5.92 Å². The van der Waals surface area contributed by atoms with E-state index in [1.165, 1.54) is 16.4 Å². The fourth-order valence-electron chi connectivity index (χ4n) is 3.37. The highest BCUT2D eigenvalue weighted by molar-refractivity contribution is 7.89. The van der Waals surface area contributed by atoms with Gasteiger partial charge in [-0.05, 0) is 43.9 Å². The number of hydrogen-bond donors (Lipinski definition) is 1. The number of carboxylic acid groups (broad SMARTS) is 1. The summed E-state index contributed by atoms with van der Waals surface area (Å²) in [7, 11) is -3.62. The SMILES string of the molecule is CC(CN(C(=O)c1cccc(S(=O)(=O)N2CCCCC2)c1)C1CC1)C(=O)O. The largest absolute Gasteiger partial charge is 0.481 e. The second kappa shape index (κ2) is 7.98. The molecule has 148 valence electrons. The van der Waals surface area contributed by atoms with Crippen molar-refractivity contribution in [1.82, 2.24) is 9.21 Å². The molecule has 0 bridgehead atoms. The Balaban J connectivity index is 1.83. The van der Waals surface area contributed by atoms with Crippen LogP contribution >= 0.6 is 0 Å². The molecule has 2 aliphatic rings. The fourth-order valence-corrected chi connectivity index (χ4v) is 4.93. The zero-order valence-corrected chi connectivity index (χ0v) is 16.3. The van der Waals surface area contributed by atoms with Crippen LogP contribution in [0.4, 0.5) is 0 Å². The number of amides is 1. The Hall–Kier alpha value is -1.93. The maximum atomic E-state index is 13.0. The van der Waals surface area contributed by atoms with Gasteiger partial charge in [0.15, 0.2) is 0 Å². The molecule has 1 amide bonds. The molecule has 7 nitrogen and oxygen atoms in total. The quantitative estimate of drug-likeness (QED) is 0.765. The molecule has 1 saturated carbocycles. The summed E-state index contributed by atoms with van der Waals surface area (Å²) >= 11 is 0. The second-order valence-electron chi connectivity index (χ2n) is 7.42. The van der Waals surface area contributed by atoms with Crippen LogP contribution in [0.2, 0.25) is 0 Å². The molecule has 1 heterocycles. The monoisotopic (exact) mass is 394 g/mol. The number of nitrogens with zero attached hydrogens (tertiary/aromatic N) is 2. The third kappa shape index (κ3) is 4.50. The predicted molar refractivity (Wildman–Crippen MR) is 99.9 cm³/mol. The average molecular weight is 394 g/mol. The first-order valence-corrected chi connectivity index (χ1v) is 10.9. The zero-order chi connectivity index (χ0) is 19.6. The van der Waals surface area contributed by atoms with Crippen LogP contribution in [0.5, 0.6) is 0 Å². The number of carbonyl (C=O) groups excluding carboxylic acids is 1. The standard InChI is InChI=1S/C19H26N2O5S/c1-14(19(23)24)13-21(16-8-9-16)18(22)15-6-5-7-17(12-15)27(25,26)20-10-3-2-4-11-20/h5-7,12,14,16H,2-4,8-11,13H2,1H3,(H,23,24). The summed E-state index contributed by atoms with van der Waals surface area (Å²) in [5, 5.41) is 9.16. The molecule has 27 heavy (non-hydrogen) atoms. The molecule has 1 aliphatic heterocycles. The van der Waals surface area contributed by atoms with E-state index >= 15 is 0 Å². The van der Waals surface area contributed by atoms with Crippen LogP contribution in [0.1, 0.15) is 49.4 Å². The van der Waals surface area contributed by atoms with Gasteiger partial charge in [0.05, 0.1) is 10.8 Å². The maximum absolute atomic E-state index is 13.0. The summed E-state index contributed by atoms with van der Waals surface area (Å²) in [6.45, 7) is 2.71.